The van der Waals surface area contributed by atoms with Crippen molar-refractivity contribution in [3.8, 4) is 0 Å². The molecule has 1 saturated carbocycles. The lowest BCUT2D eigenvalue weighted by Crippen LogP contribution is -1.98. The van der Waals surface area contributed by atoms with E-state index in [0.717, 1.165) is 24.2 Å². The van der Waals surface area contributed by atoms with E-state index >= 15 is 0 Å². The molecule has 2 heteroatoms. The van der Waals surface area contributed by atoms with Crippen LogP contribution in [-0.2, 0) is 6.42 Å². The molecule has 1 aliphatic carbocycles. The van der Waals surface area contributed by atoms with E-state index in [4.69, 9.17) is 0 Å². The van der Waals surface area contributed by atoms with E-state index in [9.17, 15) is 0 Å². The molecule has 0 saturated heterocycles. The zero-order chi connectivity index (χ0) is 10.1. The van der Waals surface area contributed by atoms with Crippen LogP contribution in [0.1, 0.15) is 44.2 Å². The van der Waals surface area contributed by atoms with E-state index in [2.05, 4.69) is 23.3 Å². The molecule has 2 aliphatic rings. The minimum atomic E-state index is 0.722. The Morgan fingerprint density at radius 2 is 2.29 bits per heavy atom. The van der Waals surface area contributed by atoms with Gasteiger partial charge >= 0.3 is 0 Å². The van der Waals surface area contributed by atoms with Gasteiger partial charge in [0.15, 0.2) is 0 Å². The fourth-order valence-electron chi connectivity index (χ4n) is 2.00. The summed E-state index contributed by atoms with van der Waals surface area (Å²) in [5.41, 5.74) is 2.82. The van der Waals surface area contributed by atoms with Gasteiger partial charge in [0, 0.05) is 18.2 Å². The molecular weight excluding hydrogens is 172 g/mol. The van der Waals surface area contributed by atoms with Crippen LogP contribution >= 0.6 is 0 Å². The number of nitrogens with one attached hydrogen (secondary N) is 1. The predicted octanol–water partition coefficient (Wildman–Crippen LogP) is 2.95. The van der Waals surface area contributed by atoms with Gasteiger partial charge in [-0.2, -0.15) is 0 Å². The summed E-state index contributed by atoms with van der Waals surface area (Å²) >= 11 is 0. The molecule has 2 unspecified atom stereocenters. The molecule has 14 heavy (non-hydrogen) atoms. The van der Waals surface area contributed by atoms with Crippen LogP contribution in [0.2, 0.25) is 0 Å². The first-order chi connectivity index (χ1) is 6.88. The number of aryl methyl sites for hydroxylation is 1. The van der Waals surface area contributed by atoms with Crippen LogP contribution in [0, 0.1) is 0 Å². The number of rotatable bonds is 1. The lowest BCUT2D eigenvalue weighted by atomic mass is 10.1. The van der Waals surface area contributed by atoms with Crippen LogP contribution in [0.15, 0.2) is 12.3 Å². The van der Waals surface area contributed by atoms with Crippen molar-refractivity contribution in [2.75, 3.05) is 5.32 Å². The van der Waals surface area contributed by atoms with Gasteiger partial charge in [0.1, 0.15) is 5.82 Å². The Hall–Kier alpha value is -1.05. The molecular formula is C12H18N2. The van der Waals surface area contributed by atoms with Crippen LogP contribution in [0.25, 0.3) is 0 Å². The minimum absolute atomic E-state index is 0.722. The molecule has 0 aromatic carbocycles. The van der Waals surface area contributed by atoms with Gasteiger partial charge < -0.3 is 5.32 Å². The van der Waals surface area contributed by atoms with E-state index in [0.29, 0.717) is 0 Å². The third-order valence-electron chi connectivity index (χ3n) is 2.89. The van der Waals surface area contributed by atoms with Gasteiger partial charge in [0.25, 0.3) is 0 Å². The summed E-state index contributed by atoms with van der Waals surface area (Å²) in [7, 11) is 0. The first-order valence-electron chi connectivity index (χ1n) is 5.64. The Morgan fingerprint density at radius 3 is 3.00 bits per heavy atom. The Labute approximate surface area is 85.7 Å². The molecule has 1 aromatic heterocycles. The maximum Gasteiger partial charge on any atom is 0.129 e. The van der Waals surface area contributed by atoms with Gasteiger partial charge in [0.2, 0.25) is 0 Å². The molecule has 1 fully saturated rings. The van der Waals surface area contributed by atoms with Crippen LogP contribution in [0.4, 0.5) is 5.82 Å². The summed E-state index contributed by atoms with van der Waals surface area (Å²) in [5.74, 6) is 1.92. The number of anilines is 1. The van der Waals surface area contributed by atoms with Crippen molar-refractivity contribution in [3.05, 3.63) is 23.4 Å². The van der Waals surface area contributed by atoms with Crippen LogP contribution in [0.3, 0.4) is 0 Å². The Morgan fingerprint density at radius 1 is 1.50 bits per heavy atom. The summed E-state index contributed by atoms with van der Waals surface area (Å²) in [6, 6.07) is 3.03. The smallest absolute Gasteiger partial charge is 0.129 e. The second kappa shape index (κ2) is 3.60. The van der Waals surface area contributed by atoms with Crippen molar-refractivity contribution in [2.45, 2.75) is 45.6 Å². The number of hydrogen-bond donors (Lipinski definition) is 1. The van der Waals surface area contributed by atoms with Gasteiger partial charge in [-0.1, -0.05) is 26.8 Å². The van der Waals surface area contributed by atoms with Gasteiger partial charge in [-0.15, -0.1) is 0 Å². The number of nitrogens with zero attached hydrogens (tertiary/aromatic N) is 1. The van der Waals surface area contributed by atoms with Crippen LogP contribution < -0.4 is 5.32 Å². The number of aromatic nitrogens is 1. The topological polar surface area (TPSA) is 24.9 Å². The van der Waals surface area contributed by atoms with Crippen molar-refractivity contribution in [2.24, 2.45) is 0 Å². The summed E-state index contributed by atoms with van der Waals surface area (Å²) in [5, 5.41) is 3.41. The summed E-state index contributed by atoms with van der Waals surface area (Å²) < 4.78 is 0. The van der Waals surface area contributed by atoms with E-state index < -0.39 is 0 Å². The Bertz CT molecular complexity index is 333. The maximum absolute atomic E-state index is 4.40. The van der Waals surface area contributed by atoms with Crippen molar-refractivity contribution in [1.82, 2.24) is 4.98 Å². The summed E-state index contributed by atoms with van der Waals surface area (Å²) in [6.45, 7) is 6.18. The lowest BCUT2D eigenvalue weighted by Gasteiger charge is -2.03. The highest BCUT2D eigenvalue weighted by Gasteiger charge is 2.45. The summed E-state index contributed by atoms with van der Waals surface area (Å²) in [6.07, 6.45) is 4.40. The maximum atomic E-state index is 4.40. The molecule has 0 spiro atoms. The SMILES string of the molecule is CC.CCc1cnc2c(c1)C1CC1N2. The number of pyridine rings is 1. The average molecular weight is 190 g/mol. The zero-order valence-electron chi connectivity index (χ0n) is 9.17. The molecule has 76 valence electrons. The molecule has 1 aliphatic heterocycles. The minimum Gasteiger partial charge on any atom is -0.366 e. The fraction of sp³-hybridized carbons (Fsp3) is 0.583. The van der Waals surface area contributed by atoms with Crippen molar-refractivity contribution in [1.29, 1.82) is 0 Å². The Kier molecular flexibility index (Phi) is 2.44. The Balaban J connectivity index is 0.000000354. The molecule has 1 N–H and O–H groups in total. The first-order valence-corrected chi connectivity index (χ1v) is 5.64. The number of fused-ring (bicyclic) bond motifs is 3. The molecule has 0 radical (unpaired) electrons. The third-order valence-corrected chi connectivity index (χ3v) is 2.89. The number of hydrogen-bond acceptors (Lipinski definition) is 2. The van der Waals surface area contributed by atoms with Crippen molar-refractivity contribution in [3.63, 3.8) is 0 Å². The van der Waals surface area contributed by atoms with E-state index in [-0.39, 0.29) is 0 Å². The predicted molar refractivity (Wildman–Crippen MR) is 59.7 cm³/mol. The van der Waals surface area contributed by atoms with E-state index in [1.165, 1.54) is 17.5 Å². The molecule has 2 nitrogen and oxygen atoms in total. The molecule has 0 bridgehead atoms. The molecule has 1 aromatic rings. The molecule has 0 amide bonds. The van der Waals surface area contributed by atoms with Crippen molar-refractivity contribution >= 4 is 5.82 Å². The van der Waals surface area contributed by atoms with Crippen LogP contribution in [0.5, 0.6) is 0 Å². The largest absolute Gasteiger partial charge is 0.366 e. The highest BCUT2D eigenvalue weighted by atomic mass is 15.1. The normalized spacial score (nSPS) is 25.4. The second-order valence-corrected chi connectivity index (χ2v) is 3.73. The van der Waals surface area contributed by atoms with Gasteiger partial charge in [-0.25, -0.2) is 4.98 Å². The standard InChI is InChI=1S/C10H12N2.C2H6/c1-2-6-3-8-7-4-9(7)12-10(8)11-5-6;1-2/h3,5,7,9H,2,4H2,1H3,(H,11,12);1-2H3. The highest BCUT2D eigenvalue weighted by Crippen LogP contribution is 2.50. The first kappa shape index (κ1) is 9.50. The fourth-order valence-corrected chi connectivity index (χ4v) is 2.00. The zero-order valence-corrected chi connectivity index (χ0v) is 9.17. The quantitative estimate of drug-likeness (QED) is 0.736. The van der Waals surface area contributed by atoms with E-state index in [1.54, 1.807) is 0 Å². The van der Waals surface area contributed by atoms with Gasteiger partial charge in [-0.05, 0) is 24.0 Å². The average Bonchev–Trinajstić information content (AvgIpc) is 2.94. The van der Waals surface area contributed by atoms with Crippen LogP contribution in [-0.4, -0.2) is 11.0 Å². The monoisotopic (exact) mass is 190 g/mol. The van der Waals surface area contributed by atoms with Crippen molar-refractivity contribution < 1.29 is 0 Å². The highest BCUT2D eigenvalue weighted by molar-refractivity contribution is 5.59. The third kappa shape index (κ3) is 1.39. The lowest BCUT2D eigenvalue weighted by molar-refractivity contribution is 1.07. The summed E-state index contributed by atoms with van der Waals surface area (Å²) in [4.78, 5) is 4.40. The van der Waals surface area contributed by atoms with E-state index in [1.807, 2.05) is 20.0 Å². The second-order valence-electron chi connectivity index (χ2n) is 3.73. The molecule has 2 atom stereocenters. The van der Waals surface area contributed by atoms with Gasteiger partial charge in [-0.3, -0.25) is 0 Å². The molecule has 3 rings (SSSR count). The van der Waals surface area contributed by atoms with Gasteiger partial charge in [0.05, 0.1) is 0 Å². The molecule has 2 heterocycles.